The second-order valence-corrected chi connectivity index (χ2v) is 7.75. The quantitative estimate of drug-likeness (QED) is 0.494. The summed E-state index contributed by atoms with van der Waals surface area (Å²) in [6, 6.07) is 24.3. The molecule has 4 rings (SSSR count). The SMILES string of the molecule is COc1ccc(N(Cc2ccc(N(C)C)cc2)C(=O)c2cc3ccccc3c(=O)[nH]2)cc1. The van der Waals surface area contributed by atoms with Crippen LogP contribution in [0.3, 0.4) is 0 Å². The molecule has 0 fully saturated rings. The number of H-pyrrole nitrogens is 1. The van der Waals surface area contributed by atoms with Crippen molar-refractivity contribution in [2.45, 2.75) is 6.54 Å². The van der Waals surface area contributed by atoms with E-state index >= 15 is 0 Å². The molecule has 0 bridgehead atoms. The maximum Gasteiger partial charge on any atom is 0.275 e. The Morgan fingerprint density at radius 1 is 0.906 bits per heavy atom. The molecule has 0 saturated carbocycles. The predicted octanol–water partition coefficient (Wildman–Crippen LogP) is 4.45. The molecule has 6 nitrogen and oxygen atoms in total. The van der Waals surface area contributed by atoms with Crippen molar-refractivity contribution in [1.29, 1.82) is 0 Å². The van der Waals surface area contributed by atoms with Crippen molar-refractivity contribution in [3.8, 4) is 5.75 Å². The zero-order valence-corrected chi connectivity index (χ0v) is 18.3. The number of anilines is 2. The van der Waals surface area contributed by atoms with E-state index in [0.29, 0.717) is 23.4 Å². The molecule has 162 valence electrons. The van der Waals surface area contributed by atoms with Crippen LogP contribution in [0.1, 0.15) is 16.1 Å². The second-order valence-electron chi connectivity index (χ2n) is 7.75. The van der Waals surface area contributed by atoms with E-state index in [0.717, 1.165) is 16.6 Å². The van der Waals surface area contributed by atoms with Crippen LogP contribution in [-0.2, 0) is 6.54 Å². The number of pyridine rings is 1. The third-order valence-electron chi connectivity index (χ3n) is 5.41. The third kappa shape index (κ3) is 4.34. The molecule has 0 aliphatic heterocycles. The average Bonchev–Trinajstić information content (AvgIpc) is 2.82. The Bertz CT molecular complexity index is 1290. The Kier molecular flexibility index (Phi) is 5.94. The molecule has 6 heteroatoms. The topological polar surface area (TPSA) is 65.6 Å². The maximum absolute atomic E-state index is 13.6. The second kappa shape index (κ2) is 8.98. The number of amides is 1. The van der Waals surface area contributed by atoms with Crippen LogP contribution in [-0.4, -0.2) is 32.1 Å². The number of rotatable bonds is 6. The molecule has 1 aromatic heterocycles. The predicted molar refractivity (Wildman–Crippen MR) is 129 cm³/mol. The van der Waals surface area contributed by atoms with Gasteiger partial charge in [0.05, 0.1) is 13.7 Å². The standard InChI is InChI=1S/C26H25N3O3/c1-28(2)20-10-8-18(9-11-20)17-29(21-12-14-22(32-3)15-13-21)26(31)24-16-19-6-4-5-7-23(19)25(30)27-24/h4-16H,17H2,1-3H3,(H,27,30). The Morgan fingerprint density at radius 3 is 2.22 bits per heavy atom. The lowest BCUT2D eigenvalue weighted by molar-refractivity contribution is 0.0980. The van der Waals surface area contributed by atoms with Crippen LogP contribution in [0.5, 0.6) is 5.75 Å². The van der Waals surface area contributed by atoms with E-state index in [9.17, 15) is 9.59 Å². The average molecular weight is 428 g/mol. The highest BCUT2D eigenvalue weighted by Crippen LogP contribution is 2.24. The maximum atomic E-state index is 13.6. The van der Waals surface area contributed by atoms with Gasteiger partial charge in [0.1, 0.15) is 11.4 Å². The van der Waals surface area contributed by atoms with Gasteiger partial charge in [-0.3, -0.25) is 9.59 Å². The van der Waals surface area contributed by atoms with Gasteiger partial charge in [0.15, 0.2) is 0 Å². The van der Waals surface area contributed by atoms with Gasteiger partial charge in [-0.1, -0.05) is 30.3 Å². The number of carbonyl (C=O) groups is 1. The van der Waals surface area contributed by atoms with Crippen LogP contribution in [0.2, 0.25) is 0 Å². The number of aromatic amines is 1. The summed E-state index contributed by atoms with van der Waals surface area (Å²) in [4.78, 5) is 32.6. The van der Waals surface area contributed by atoms with Crippen LogP contribution in [0, 0.1) is 0 Å². The smallest absolute Gasteiger partial charge is 0.275 e. The third-order valence-corrected chi connectivity index (χ3v) is 5.41. The van der Waals surface area contributed by atoms with Crippen LogP contribution < -0.4 is 20.1 Å². The van der Waals surface area contributed by atoms with Gasteiger partial charge >= 0.3 is 0 Å². The van der Waals surface area contributed by atoms with Crippen molar-refractivity contribution >= 4 is 28.1 Å². The zero-order chi connectivity index (χ0) is 22.7. The lowest BCUT2D eigenvalue weighted by Gasteiger charge is -2.24. The first kappa shape index (κ1) is 21.2. The van der Waals surface area contributed by atoms with Crippen molar-refractivity contribution in [2.24, 2.45) is 0 Å². The summed E-state index contributed by atoms with van der Waals surface area (Å²) in [6.07, 6.45) is 0. The number of hydrogen-bond acceptors (Lipinski definition) is 4. The first-order valence-corrected chi connectivity index (χ1v) is 10.3. The Hall–Kier alpha value is -4.06. The molecule has 3 aromatic carbocycles. The van der Waals surface area contributed by atoms with Crippen molar-refractivity contribution in [3.05, 3.63) is 100 Å². The van der Waals surface area contributed by atoms with E-state index in [-0.39, 0.29) is 17.2 Å². The minimum atomic E-state index is -0.283. The van der Waals surface area contributed by atoms with Crippen LogP contribution in [0.15, 0.2) is 83.7 Å². The molecule has 4 aromatic rings. The van der Waals surface area contributed by atoms with Crippen LogP contribution in [0.4, 0.5) is 11.4 Å². The van der Waals surface area contributed by atoms with E-state index in [1.807, 2.05) is 79.7 Å². The fourth-order valence-electron chi connectivity index (χ4n) is 3.60. The van der Waals surface area contributed by atoms with Crippen molar-refractivity contribution in [2.75, 3.05) is 31.0 Å². The van der Waals surface area contributed by atoms with Crippen LogP contribution in [0.25, 0.3) is 10.8 Å². The molecule has 0 saturated heterocycles. The summed E-state index contributed by atoms with van der Waals surface area (Å²) in [7, 11) is 5.57. The molecule has 0 unspecified atom stereocenters. The summed E-state index contributed by atoms with van der Waals surface area (Å²) in [5.74, 6) is 0.422. The number of carbonyl (C=O) groups excluding carboxylic acids is 1. The number of benzene rings is 3. The Balaban J connectivity index is 1.74. The number of methoxy groups -OCH3 is 1. The Morgan fingerprint density at radius 2 is 1.56 bits per heavy atom. The first-order chi connectivity index (χ1) is 15.5. The summed E-state index contributed by atoms with van der Waals surface area (Å²) < 4.78 is 5.26. The van der Waals surface area contributed by atoms with Gasteiger partial charge in [0.25, 0.3) is 11.5 Å². The number of aromatic nitrogens is 1. The molecule has 1 heterocycles. The number of nitrogens with one attached hydrogen (secondary N) is 1. The molecule has 0 atom stereocenters. The van der Waals surface area contributed by atoms with E-state index in [4.69, 9.17) is 4.74 Å². The molecular weight excluding hydrogens is 402 g/mol. The molecular formula is C26H25N3O3. The van der Waals surface area contributed by atoms with Crippen molar-refractivity contribution in [1.82, 2.24) is 4.98 Å². The summed E-state index contributed by atoms with van der Waals surface area (Å²) in [5.41, 5.74) is 2.73. The highest BCUT2D eigenvalue weighted by Gasteiger charge is 2.20. The highest BCUT2D eigenvalue weighted by molar-refractivity contribution is 6.06. The van der Waals surface area contributed by atoms with E-state index in [2.05, 4.69) is 4.98 Å². The number of hydrogen-bond donors (Lipinski definition) is 1. The van der Waals surface area contributed by atoms with Gasteiger partial charge in [-0.25, -0.2) is 0 Å². The van der Waals surface area contributed by atoms with E-state index < -0.39 is 0 Å². The summed E-state index contributed by atoms with van der Waals surface area (Å²) >= 11 is 0. The lowest BCUT2D eigenvalue weighted by atomic mass is 10.1. The van der Waals surface area contributed by atoms with Gasteiger partial charge in [0.2, 0.25) is 0 Å². The number of nitrogens with zero attached hydrogens (tertiary/aromatic N) is 2. The van der Waals surface area contributed by atoms with Crippen LogP contribution >= 0.6 is 0 Å². The highest BCUT2D eigenvalue weighted by atomic mass is 16.5. The largest absolute Gasteiger partial charge is 0.497 e. The van der Waals surface area contributed by atoms with E-state index in [1.54, 1.807) is 30.2 Å². The van der Waals surface area contributed by atoms with Gasteiger partial charge in [-0.15, -0.1) is 0 Å². The van der Waals surface area contributed by atoms with Gasteiger partial charge in [0, 0.05) is 30.9 Å². The first-order valence-electron chi connectivity index (χ1n) is 10.3. The van der Waals surface area contributed by atoms with Gasteiger partial charge in [-0.2, -0.15) is 0 Å². The molecule has 32 heavy (non-hydrogen) atoms. The summed E-state index contributed by atoms with van der Waals surface area (Å²) in [5, 5.41) is 1.28. The fourth-order valence-corrected chi connectivity index (χ4v) is 3.60. The molecule has 1 amide bonds. The molecule has 0 aliphatic rings. The normalized spacial score (nSPS) is 10.7. The summed E-state index contributed by atoms with van der Waals surface area (Å²) in [6.45, 7) is 0.355. The minimum Gasteiger partial charge on any atom is -0.497 e. The minimum absolute atomic E-state index is 0.245. The molecule has 0 spiro atoms. The zero-order valence-electron chi connectivity index (χ0n) is 18.3. The molecule has 0 aliphatic carbocycles. The Labute approximate surface area is 186 Å². The van der Waals surface area contributed by atoms with Crippen molar-refractivity contribution in [3.63, 3.8) is 0 Å². The van der Waals surface area contributed by atoms with Gasteiger partial charge < -0.3 is 19.5 Å². The number of ether oxygens (including phenoxy) is 1. The monoisotopic (exact) mass is 427 g/mol. The van der Waals surface area contributed by atoms with E-state index in [1.165, 1.54) is 0 Å². The van der Waals surface area contributed by atoms with Gasteiger partial charge in [-0.05, 0) is 59.5 Å². The van der Waals surface area contributed by atoms with Crippen molar-refractivity contribution < 1.29 is 9.53 Å². The molecule has 0 radical (unpaired) electrons. The fraction of sp³-hybridized carbons (Fsp3) is 0.154. The molecule has 1 N–H and O–H groups in total. The lowest BCUT2D eigenvalue weighted by Crippen LogP contribution is -2.32. The number of fused-ring (bicyclic) bond motifs is 1.